The summed E-state index contributed by atoms with van der Waals surface area (Å²) < 4.78 is 41.9. The second-order valence-corrected chi connectivity index (χ2v) is 11.7. The van der Waals surface area contributed by atoms with E-state index in [0.29, 0.717) is 17.8 Å². The van der Waals surface area contributed by atoms with Crippen LogP contribution in [0.25, 0.3) is 0 Å². The Morgan fingerprint density at radius 1 is 1.03 bits per heavy atom. The molecule has 7 nitrogen and oxygen atoms in total. The number of benzene rings is 3. The number of anilines is 2. The van der Waals surface area contributed by atoms with Crippen LogP contribution in [-0.2, 0) is 25.0 Å². The fourth-order valence-electron chi connectivity index (χ4n) is 5.58. The van der Waals surface area contributed by atoms with Crippen LogP contribution < -0.4 is 9.62 Å². The smallest absolute Gasteiger partial charge is 0.261 e. The van der Waals surface area contributed by atoms with Gasteiger partial charge in [0.25, 0.3) is 10.0 Å². The second-order valence-electron chi connectivity index (χ2n) is 10.1. The molecule has 0 aromatic heterocycles. The number of likely N-dealkylation sites (tertiary alicyclic amines) is 1. The summed E-state index contributed by atoms with van der Waals surface area (Å²) in [6.45, 7) is 4.54. The van der Waals surface area contributed by atoms with E-state index >= 15 is 0 Å². The van der Waals surface area contributed by atoms with E-state index in [1.807, 2.05) is 44.2 Å². The van der Waals surface area contributed by atoms with Crippen molar-refractivity contribution in [3.05, 3.63) is 89.7 Å². The van der Waals surface area contributed by atoms with E-state index in [4.69, 9.17) is 0 Å². The SMILES string of the molecule is CC(C)CN1C(=O)C[C@]2(C(=O)N(C)c3ccc(NS(=O)(=O)c4ccc(F)cc4)cc32)C1c1ccccc1. The summed E-state index contributed by atoms with van der Waals surface area (Å²) in [5.74, 6) is -0.666. The minimum absolute atomic E-state index is 0.0103. The summed E-state index contributed by atoms with van der Waals surface area (Å²) in [5.41, 5.74) is 1.14. The summed E-state index contributed by atoms with van der Waals surface area (Å²) in [5, 5.41) is 0. The molecule has 1 fully saturated rings. The summed E-state index contributed by atoms with van der Waals surface area (Å²) in [6.07, 6.45) is -0.0103. The van der Waals surface area contributed by atoms with Gasteiger partial charge >= 0.3 is 0 Å². The number of amides is 2. The zero-order chi connectivity index (χ0) is 26.5. The normalized spacial score (nSPS) is 21.3. The number of rotatable bonds is 6. The minimum atomic E-state index is -4.01. The largest absolute Gasteiger partial charge is 0.334 e. The van der Waals surface area contributed by atoms with Crippen LogP contribution in [0.2, 0.25) is 0 Å². The summed E-state index contributed by atoms with van der Waals surface area (Å²) in [7, 11) is -2.33. The van der Waals surface area contributed by atoms with Gasteiger partial charge in [0.1, 0.15) is 11.2 Å². The first-order chi connectivity index (χ1) is 17.5. The molecule has 0 bridgehead atoms. The van der Waals surface area contributed by atoms with Crippen molar-refractivity contribution in [3.63, 3.8) is 0 Å². The second kappa shape index (κ2) is 8.99. The van der Waals surface area contributed by atoms with Crippen LogP contribution in [0.4, 0.5) is 15.8 Å². The molecule has 5 rings (SSSR count). The fourth-order valence-corrected chi connectivity index (χ4v) is 6.63. The lowest BCUT2D eigenvalue weighted by atomic mass is 9.72. The highest BCUT2D eigenvalue weighted by molar-refractivity contribution is 7.92. The number of sulfonamides is 1. The first-order valence-corrected chi connectivity index (χ1v) is 13.6. The third-order valence-electron chi connectivity index (χ3n) is 7.11. The van der Waals surface area contributed by atoms with Crippen molar-refractivity contribution in [2.24, 2.45) is 5.92 Å². The molecule has 1 N–H and O–H groups in total. The number of fused-ring (bicyclic) bond motifs is 2. The van der Waals surface area contributed by atoms with Crippen molar-refractivity contribution < 1.29 is 22.4 Å². The predicted molar refractivity (Wildman–Crippen MR) is 139 cm³/mol. The van der Waals surface area contributed by atoms with Crippen molar-refractivity contribution in [2.75, 3.05) is 23.2 Å². The zero-order valence-electron chi connectivity index (χ0n) is 20.8. The van der Waals surface area contributed by atoms with Crippen molar-refractivity contribution in [2.45, 2.75) is 36.6 Å². The van der Waals surface area contributed by atoms with Crippen LogP contribution >= 0.6 is 0 Å². The first-order valence-electron chi connectivity index (χ1n) is 12.1. The Bertz CT molecular complexity index is 1480. The molecular weight excluding hydrogens is 493 g/mol. The Morgan fingerprint density at radius 2 is 1.70 bits per heavy atom. The van der Waals surface area contributed by atoms with E-state index in [9.17, 15) is 22.4 Å². The molecule has 2 amide bonds. The molecule has 3 aromatic rings. The molecule has 37 heavy (non-hydrogen) atoms. The maximum atomic E-state index is 14.0. The molecule has 1 unspecified atom stereocenters. The third kappa shape index (κ3) is 4.07. The maximum Gasteiger partial charge on any atom is 0.261 e. The molecule has 3 aromatic carbocycles. The van der Waals surface area contributed by atoms with Gasteiger partial charge in [-0.3, -0.25) is 14.3 Å². The van der Waals surface area contributed by atoms with E-state index in [1.54, 1.807) is 35.0 Å². The lowest BCUT2D eigenvalue weighted by molar-refractivity contribution is -0.129. The van der Waals surface area contributed by atoms with E-state index in [0.717, 1.165) is 17.7 Å². The molecule has 0 radical (unpaired) electrons. The van der Waals surface area contributed by atoms with E-state index in [1.165, 1.54) is 12.1 Å². The van der Waals surface area contributed by atoms with Gasteiger partial charge in [-0.2, -0.15) is 0 Å². The third-order valence-corrected chi connectivity index (χ3v) is 8.50. The Labute approximate surface area is 216 Å². The van der Waals surface area contributed by atoms with Crippen LogP contribution in [0.1, 0.15) is 37.4 Å². The number of halogens is 1. The van der Waals surface area contributed by atoms with Crippen LogP contribution in [0.15, 0.2) is 77.7 Å². The summed E-state index contributed by atoms with van der Waals surface area (Å²) >= 11 is 0. The number of nitrogens with zero attached hydrogens (tertiary/aromatic N) is 2. The van der Waals surface area contributed by atoms with Gasteiger partial charge in [0.2, 0.25) is 11.8 Å². The van der Waals surface area contributed by atoms with Crippen LogP contribution in [0.5, 0.6) is 0 Å². The average molecular weight is 522 g/mol. The van der Waals surface area contributed by atoms with Crippen molar-refractivity contribution >= 4 is 33.2 Å². The molecule has 0 saturated carbocycles. The molecule has 0 aliphatic carbocycles. The number of carbonyl (C=O) groups is 2. The topological polar surface area (TPSA) is 86.8 Å². The number of hydrogen-bond donors (Lipinski definition) is 1. The standard InChI is InChI=1S/C28H28FN3O4S/c1-18(2)17-32-25(33)16-28(26(32)19-7-5-4-6-8-19)23-15-21(11-14-24(23)31(3)27(28)34)30-37(35,36)22-12-9-20(29)10-13-22/h4-15,18,26,30H,16-17H2,1-3H3/t26?,28-/m1/s1. The molecule has 1 spiro atoms. The Hall–Kier alpha value is -3.72. The molecule has 192 valence electrons. The molecule has 2 aliphatic rings. The highest BCUT2D eigenvalue weighted by Crippen LogP contribution is 2.57. The van der Waals surface area contributed by atoms with Gasteiger partial charge in [-0.15, -0.1) is 0 Å². The van der Waals surface area contributed by atoms with Gasteiger partial charge in [-0.25, -0.2) is 12.8 Å². The van der Waals surface area contributed by atoms with Gasteiger partial charge in [-0.05, 0) is 59.5 Å². The number of carbonyl (C=O) groups excluding carboxylic acids is 2. The highest BCUT2D eigenvalue weighted by Gasteiger charge is 2.63. The van der Waals surface area contributed by atoms with Gasteiger partial charge < -0.3 is 9.80 Å². The van der Waals surface area contributed by atoms with Crippen molar-refractivity contribution in [3.8, 4) is 0 Å². The molecular formula is C28H28FN3O4S. The predicted octanol–water partition coefficient (Wildman–Crippen LogP) is 4.47. The molecule has 2 heterocycles. The van der Waals surface area contributed by atoms with Crippen molar-refractivity contribution in [1.82, 2.24) is 4.90 Å². The van der Waals surface area contributed by atoms with E-state index < -0.39 is 27.3 Å². The van der Waals surface area contributed by atoms with Gasteiger partial charge in [0, 0.05) is 31.4 Å². The summed E-state index contributed by atoms with van der Waals surface area (Å²) in [4.78, 5) is 30.7. The Balaban J connectivity index is 1.64. The Morgan fingerprint density at radius 3 is 2.35 bits per heavy atom. The average Bonchev–Trinajstić information content (AvgIpc) is 3.25. The zero-order valence-corrected chi connectivity index (χ0v) is 21.6. The fraction of sp³-hybridized carbons (Fsp3) is 0.286. The van der Waals surface area contributed by atoms with Gasteiger partial charge in [0.15, 0.2) is 0 Å². The molecule has 2 atom stereocenters. The molecule has 9 heteroatoms. The Kier molecular flexibility index (Phi) is 6.06. The number of likely N-dealkylation sites (N-methyl/N-ethyl adjacent to an activating group) is 1. The monoisotopic (exact) mass is 521 g/mol. The van der Waals surface area contributed by atoms with Gasteiger partial charge in [0.05, 0.1) is 10.9 Å². The van der Waals surface area contributed by atoms with E-state index in [2.05, 4.69) is 4.72 Å². The number of hydrogen-bond acceptors (Lipinski definition) is 4. The van der Waals surface area contributed by atoms with Crippen molar-refractivity contribution in [1.29, 1.82) is 0 Å². The van der Waals surface area contributed by atoms with Gasteiger partial charge in [-0.1, -0.05) is 44.2 Å². The van der Waals surface area contributed by atoms with Crippen LogP contribution in [-0.4, -0.2) is 38.7 Å². The lowest BCUT2D eigenvalue weighted by Gasteiger charge is -2.35. The maximum absolute atomic E-state index is 14.0. The van der Waals surface area contributed by atoms with Crippen LogP contribution in [0, 0.1) is 11.7 Å². The summed E-state index contributed by atoms with van der Waals surface area (Å²) in [6, 6.07) is 18.4. The lowest BCUT2D eigenvalue weighted by Crippen LogP contribution is -2.44. The highest BCUT2D eigenvalue weighted by atomic mass is 32.2. The molecule has 1 saturated heterocycles. The number of nitrogens with one attached hydrogen (secondary N) is 1. The quantitative estimate of drug-likeness (QED) is 0.519. The van der Waals surface area contributed by atoms with Crippen LogP contribution in [0.3, 0.4) is 0 Å². The molecule has 2 aliphatic heterocycles. The first kappa shape index (κ1) is 25.0. The minimum Gasteiger partial charge on any atom is -0.334 e. The van der Waals surface area contributed by atoms with E-state index in [-0.39, 0.29) is 34.7 Å².